The van der Waals surface area contributed by atoms with Crippen LogP contribution in [0.15, 0.2) is 0 Å². The smallest absolute Gasteiger partial charge is 0.462 e. The Morgan fingerprint density at radius 3 is 2.00 bits per heavy atom. The maximum absolute atomic E-state index is 11.0. The molecule has 17 heavy (non-hydrogen) atoms. The van der Waals surface area contributed by atoms with Gasteiger partial charge in [0.05, 0.1) is 13.0 Å². The molecule has 0 radical (unpaired) electrons. The Balaban J connectivity index is 3.52. The van der Waals surface area contributed by atoms with Gasteiger partial charge < -0.3 is 14.2 Å². The Hall–Kier alpha value is -1.99. The lowest BCUT2D eigenvalue weighted by atomic mass is 10.2. The molecule has 0 aromatic heterocycles. The van der Waals surface area contributed by atoms with Crippen molar-refractivity contribution in [1.29, 1.82) is 0 Å². The Bertz CT molecular complexity index is 272. The van der Waals surface area contributed by atoms with E-state index in [0.717, 1.165) is 7.11 Å². The van der Waals surface area contributed by atoms with Crippen molar-refractivity contribution in [2.75, 3.05) is 20.3 Å². The molecule has 0 bridgehead atoms. The molecule has 0 amide bonds. The van der Waals surface area contributed by atoms with Crippen LogP contribution >= 0.6 is 0 Å². The van der Waals surface area contributed by atoms with Crippen LogP contribution in [0.4, 0.5) is 9.59 Å². The summed E-state index contributed by atoms with van der Waals surface area (Å²) in [5.41, 5.74) is 0. The van der Waals surface area contributed by atoms with E-state index in [9.17, 15) is 14.4 Å². The summed E-state index contributed by atoms with van der Waals surface area (Å²) in [4.78, 5) is 39.7. The van der Waals surface area contributed by atoms with Crippen molar-refractivity contribution in [2.45, 2.75) is 13.8 Å². The normalized spacial score (nSPS) is 9.41. The van der Waals surface area contributed by atoms with E-state index in [1.807, 2.05) is 0 Å². The minimum atomic E-state index is -1.24. The fraction of sp³-hybridized carbons (Fsp3) is 0.667. The molecule has 0 heterocycles. The van der Waals surface area contributed by atoms with Gasteiger partial charge in [-0.25, -0.2) is 0 Å². The van der Waals surface area contributed by atoms with Gasteiger partial charge in [0.25, 0.3) is 0 Å². The minimum Gasteiger partial charge on any atom is -0.462 e. The first-order chi connectivity index (χ1) is 7.97. The lowest BCUT2D eigenvalue weighted by Gasteiger charge is -2.07. The number of hydrogen-bond acceptors (Lipinski definition) is 8. The Kier molecular flexibility index (Phi) is 7.24. The van der Waals surface area contributed by atoms with Crippen molar-refractivity contribution >= 4 is 18.3 Å². The molecule has 0 fully saturated rings. The largest absolute Gasteiger partial charge is 0.550 e. The summed E-state index contributed by atoms with van der Waals surface area (Å²) < 4.78 is 13.1. The van der Waals surface area contributed by atoms with E-state index in [0.29, 0.717) is 0 Å². The van der Waals surface area contributed by atoms with Gasteiger partial charge in [0.1, 0.15) is 13.2 Å². The molecule has 0 saturated heterocycles. The van der Waals surface area contributed by atoms with Gasteiger partial charge in [-0.3, -0.25) is 4.79 Å². The van der Waals surface area contributed by atoms with Crippen LogP contribution in [0.2, 0.25) is 0 Å². The molecule has 0 aliphatic rings. The van der Waals surface area contributed by atoms with Crippen LogP contribution in [0.25, 0.3) is 0 Å². The maximum atomic E-state index is 11.0. The van der Waals surface area contributed by atoms with E-state index < -0.39 is 18.3 Å². The first-order valence-corrected chi connectivity index (χ1v) is 4.73. The Labute approximate surface area is 97.6 Å². The van der Waals surface area contributed by atoms with Crippen molar-refractivity contribution < 1.29 is 38.4 Å². The first-order valence-electron chi connectivity index (χ1n) is 4.73. The highest BCUT2D eigenvalue weighted by Crippen LogP contribution is 1.96. The van der Waals surface area contributed by atoms with Crippen molar-refractivity contribution in [2.24, 2.45) is 5.92 Å². The van der Waals surface area contributed by atoms with Crippen molar-refractivity contribution in [3.63, 3.8) is 0 Å². The quantitative estimate of drug-likeness (QED) is 0.240. The maximum Gasteiger partial charge on any atom is 0.550 e. The molecule has 0 aromatic rings. The van der Waals surface area contributed by atoms with E-state index >= 15 is 0 Å². The Morgan fingerprint density at radius 2 is 1.47 bits per heavy atom. The molecule has 0 aromatic carbocycles. The van der Waals surface area contributed by atoms with Crippen LogP contribution in [0.3, 0.4) is 0 Å². The minimum absolute atomic E-state index is 0.107. The highest BCUT2D eigenvalue weighted by Gasteiger charge is 2.11. The number of rotatable bonds is 4. The molecular formula is C9H14O8. The number of ether oxygens (including phenoxy) is 3. The molecule has 8 heteroatoms. The third kappa shape index (κ3) is 7.88. The van der Waals surface area contributed by atoms with Crippen molar-refractivity contribution in [1.82, 2.24) is 0 Å². The van der Waals surface area contributed by atoms with Crippen LogP contribution in [-0.2, 0) is 28.8 Å². The molecular weight excluding hydrogens is 236 g/mol. The van der Waals surface area contributed by atoms with E-state index in [4.69, 9.17) is 4.74 Å². The summed E-state index contributed by atoms with van der Waals surface area (Å²) in [6.45, 7) is 3.02. The average molecular weight is 250 g/mol. The van der Waals surface area contributed by atoms with Gasteiger partial charge in [0.15, 0.2) is 0 Å². The van der Waals surface area contributed by atoms with Crippen molar-refractivity contribution in [3.8, 4) is 0 Å². The van der Waals surface area contributed by atoms with Gasteiger partial charge in [-0.1, -0.05) is 13.8 Å². The standard InChI is InChI=1S/C9H14O8/c1-6(2)7(10)14-4-5-15-9(12)17-16-8(11)13-3/h6H,4-5H2,1-3H3. The van der Waals surface area contributed by atoms with E-state index in [-0.39, 0.29) is 19.1 Å². The summed E-state index contributed by atoms with van der Waals surface area (Å²) in [7, 11) is 1.04. The zero-order valence-electron chi connectivity index (χ0n) is 9.76. The van der Waals surface area contributed by atoms with Gasteiger partial charge in [-0.05, 0) is 0 Å². The summed E-state index contributed by atoms with van der Waals surface area (Å²) in [5.74, 6) is -0.669. The topological polar surface area (TPSA) is 97.4 Å². The lowest BCUT2D eigenvalue weighted by molar-refractivity contribution is -0.216. The molecule has 98 valence electrons. The number of esters is 1. The Morgan fingerprint density at radius 1 is 0.941 bits per heavy atom. The highest BCUT2D eigenvalue weighted by molar-refractivity contribution is 5.71. The van der Waals surface area contributed by atoms with E-state index in [1.54, 1.807) is 13.8 Å². The van der Waals surface area contributed by atoms with Crippen LogP contribution in [-0.4, -0.2) is 38.6 Å². The fourth-order valence-corrected chi connectivity index (χ4v) is 0.560. The summed E-state index contributed by atoms with van der Waals surface area (Å²) in [6.07, 6.45) is -2.43. The number of methoxy groups -OCH3 is 1. The average Bonchev–Trinajstić information content (AvgIpc) is 2.30. The third-order valence-corrected chi connectivity index (χ3v) is 1.36. The summed E-state index contributed by atoms with van der Waals surface area (Å²) >= 11 is 0. The third-order valence-electron chi connectivity index (χ3n) is 1.36. The lowest BCUT2D eigenvalue weighted by Crippen LogP contribution is -2.18. The van der Waals surface area contributed by atoms with Gasteiger partial charge in [-0.2, -0.15) is 19.4 Å². The molecule has 0 aliphatic heterocycles. The van der Waals surface area contributed by atoms with Crippen LogP contribution in [0.5, 0.6) is 0 Å². The van der Waals surface area contributed by atoms with Crippen LogP contribution in [0, 0.1) is 5.92 Å². The second-order valence-corrected chi connectivity index (χ2v) is 3.04. The zero-order chi connectivity index (χ0) is 13.3. The van der Waals surface area contributed by atoms with Crippen LogP contribution in [0.1, 0.15) is 13.8 Å². The SMILES string of the molecule is COC(=O)OOC(=O)OCCOC(=O)C(C)C. The molecule has 0 aliphatic carbocycles. The van der Waals surface area contributed by atoms with E-state index in [1.165, 1.54) is 0 Å². The van der Waals surface area contributed by atoms with E-state index in [2.05, 4.69) is 19.2 Å². The number of hydrogen-bond donors (Lipinski definition) is 0. The predicted molar refractivity (Wildman–Crippen MR) is 51.7 cm³/mol. The molecule has 0 N–H and O–H groups in total. The fourth-order valence-electron chi connectivity index (χ4n) is 0.560. The summed E-state index contributed by atoms with van der Waals surface area (Å²) in [6, 6.07) is 0. The molecule has 8 nitrogen and oxygen atoms in total. The molecule has 0 saturated carbocycles. The monoisotopic (exact) mass is 250 g/mol. The zero-order valence-corrected chi connectivity index (χ0v) is 9.76. The van der Waals surface area contributed by atoms with Gasteiger partial charge >= 0.3 is 18.3 Å². The molecule has 0 unspecified atom stereocenters. The summed E-state index contributed by atoms with van der Waals surface area (Å²) in [5, 5.41) is 0. The van der Waals surface area contributed by atoms with Gasteiger partial charge in [-0.15, -0.1) is 0 Å². The predicted octanol–water partition coefficient (Wildman–Crippen LogP) is 1.04. The first kappa shape index (κ1) is 15.0. The molecule has 0 spiro atoms. The van der Waals surface area contributed by atoms with Gasteiger partial charge in [0.2, 0.25) is 0 Å². The molecule has 0 rings (SSSR count). The highest BCUT2D eigenvalue weighted by atomic mass is 17.3. The van der Waals surface area contributed by atoms with Crippen LogP contribution < -0.4 is 0 Å². The number of carbonyl (C=O) groups is 3. The van der Waals surface area contributed by atoms with Crippen molar-refractivity contribution in [3.05, 3.63) is 0 Å². The number of carbonyl (C=O) groups excluding carboxylic acids is 3. The second-order valence-electron chi connectivity index (χ2n) is 3.04. The molecule has 0 atom stereocenters. The second kappa shape index (κ2) is 8.20. The van der Waals surface area contributed by atoms with Gasteiger partial charge in [0, 0.05) is 0 Å².